The highest BCUT2D eigenvalue weighted by molar-refractivity contribution is 7.99. The van der Waals surface area contributed by atoms with Gasteiger partial charge in [0.1, 0.15) is 5.03 Å². The number of hydrogen-bond acceptors (Lipinski definition) is 6. The number of hydrogen-bond donors (Lipinski definition) is 1. The summed E-state index contributed by atoms with van der Waals surface area (Å²) in [4.78, 5) is 15.8. The summed E-state index contributed by atoms with van der Waals surface area (Å²) in [7, 11) is 0. The molecule has 0 radical (unpaired) electrons. The second-order valence-electron chi connectivity index (χ2n) is 5.22. The van der Waals surface area contributed by atoms with Crippen molar-refractivity contribution in [2.24, 2.45) is 0 Å². The average Bonchev–Trinajstić information content (AvgIpc) is 3.13. The van der Waals surface area contributed by atoms with Crippen molar-refractivity contribution in [2.45, 2.75) is 24.0 Å². The molecule has 6 nitrogen and oxygen atoms in total. The zero-order chi connectivity index (χ0) is 15.9. The molecule has 1 N–H and O–H groups in total. The van der Waals surface area contributed by atoms with Crippen LogP contribution in [0.3, 0.4) is 0 Å². The maximum Gasteiger partial charge on any atom is 0.230 e. The summed E-state index contributed by atoms with van der Waals surface area (Å²) >= 11 is 1.38. The van der Waals surface area contributed by atoms with Crippen molar-refractivity contribution in [1.82, 2.24) is 20.5 Å². The molecule has 0 saturated carbocycles. The number of aromatic nitrogens is 3. The van der Waals surface area contributed by atoms with Gasteiger partial charge in [0.15, 0.2) is 0 Å². The molecule has 3 heterocycles. The fraction of sp³-hybridized carbons (Fsp3) is 0.375. The van der Waals surface area contributed by atoms with Crippen LogP contribution in [0.2, 0.25) is 0 Å². The van der Waals surface area contributed by atoms with E-state index < -0.39 is 0 Å². The summed E-state index contributed by atoms with van der Waals surface area (Å²) in [6.45, 7) is 1.39. The fourth-order valence-corrected chi connectivity index (χ4v) is 2.94. The molecule has 23 heavy (non-hydrogen) atoms. The average molecular weight is 330 g/mol. The Morgan fingerprint density at radius 2 is 2.13 bits per heavy atom. The Kier molecular flexibility index (Phi) is 5.55. The molecule has 1 atom stereocenters. The maximum absolute atomic E-state index is 11.8. The summed E-state index contributed by atoms with van der Waals surface area (Å²) < 4.78 is 5.47. The van der Waals surface area contributed by atoms with Crippen LogP contribution in [0.25, 0.3) is 11.3 Å². The lowest BCUT2D eigenvalue weighted by Crippen LogP contribution is -2.32. The minimum atomic E-state index is -0.00879. The van der Waals surface area contributed by atoms with E-state index in [1.54, 1.807) is 12.4 Å². The lowest BCUT2D eigenvalue weighted by molar-refractivity contribution is -0.119. The van der Waals surface area contributed by atoms with E-state index in [2.05, 4.69) is 20.5 Å². The normalized spacial score (nSPS) is 17.1. The number of thioether (sulfide) groups is 1. The van der Waals surface area contributed by atoms with E-state index >= 15 is 0 Å². The Morgan fingerprint density at radius 3 is 2.83 bits per heavy atom. The predicted molar refractivity (Wildman–Crippen MR) is 88.0 cm³/mol. The largest absolute Gasteiger partial charge is 0.376 e. The topological polar surface area (TPSA) is 77.0 Å². The van der Waals surface area contributed by atoms with E-state index in [1.807, 2.05) is 24.3 Å². The molecular formula is C16H18N4O2S. The Bertz CT molecular complexity index is 630. The van der Waals surface area contributed by atoms with Gasteiger partial charge in [-0.15, -0.1) is 10.2 Å². The van der Waals surface area contributed by atoms with Crippen LogP contribution in [0.4, 0.5) is 0 Å². The standard InChI is InChI=1S/C16H18N4O2S/c21-15(18-10-13-2-1-9-22-13)11-23-16-4-3-14(19-20-16)12-5-7-17-8-6-12/h3-8,13H,1-2,9-11H2,(H,18,21). The molecule has 1 unspecified atom stereocenters. The zero-order valence-electron chi connectivity index (χ0n) is 12.6. The van der Waals surface area contributed by atoms with Gasteiger partial charge in [0.05, 0.1) is 17.6 Å². The Hall–Kier alpha value is -1.99. The summed E-state index contributed by atoms with van der Waals surface area (Å²) in [6, 6.07) is 7.54. The number of pyridine rings is 1. The maximum atomic E-state index is 11.8. The lowest BCUT2D eigenvalue weighted by Gasteiger charge is -2.10. The first-order valence-electron chi connectivity index (χ1n) is 7.56. The molecule has 0 aliphatic carbocycles. The van der Waals surface area contributed by atoms with Crippen LogP contribution in [0.1, 0.15) is 12.8 Å². The van der Waals surface area contributed by atoms with E-state index in [0.29, 0.717) is 12.3 Å². The molecule has 1 aliphatic rings. The van der Waals surface area contributed by atoms with Crippen LogP contribution in [-0.4, -0.2) is 46.1 Å². The van der Waals surface area contributed by atoms with Crippen molar-refractivity contribution >= 4 is 17.7 Å². The van der Waals surface area contributed by atoms with Crippen molar-refractivity contribution in [2.75, 3.05) is 18.9 Å². The summed E-state index contributed by atoms with van der Waals surface area (Å²) in [5.41, 5.74) is 1.76. The molecule has 1 saturated heterocycles. The first kappa shape index (κ1) is 15.9. The zero-order valence-corrected chi connectivity index (χ0v) is 13.5. The van der Waals surface area contributed by atoms with Gasteiger partial charge in [-0.1, -0.05) is 11.8 Å². The van der Waals surface area contributed by atoms with Gasteiger partial charge in [-0.3, -0.25) is 9.78 Å². The van der Waals surface area contributed by atoms with Gasteiger partial charge in [0.2, 0.25) is 5.91 Å². The molecule has 1 aliphatic heterocycles. The first-order valence-corrected chi connectivity index (χ1v) is 8.55. The second kappa shape index (κ2) is 8.03. The highest BCUT2D eigenvalue weighted by atomic mass is 32.2. The number of ether oxygens (including phenoxy) is 1. The molecule has 0 bridgehead atoms. The van der Waals surface area contributed by atoms with Crippen LogP contribution in [0, 0.1) is 0 Å². The summed E-state index contributed by atoms with van der Waals surface area (Å²) in [5, 5.41) is 12.0. The minimum absolute atomic E-state index is 0.00879. The van der Waals surface area contributed by atoms with Gasteiger partial charge in [-0.25, -0.2) is 0 Å². The van der Waals surface area contributed by atoms with E-state index in [-0.39, 0.29) is 12.0 Å². The highest BCUT2D eigenvalue weighted by Gasteiger charge is 2.16. The van der Waals surface area contributed by atoms with Gasteiger partial charge >= 0.3 is 0 Å². The number of amides is 1. The molecule has 1 fully saturated rings. The number of rotatable bonds is 6. The van der Waals surface area contributed by atoms with Gasteiger partial charge in [-0.2, -0.15) is 0 Å². The summed E-state index contributed by atoms with van der Waals surface area (Å²) in [6.07, 6.45) is 5.71. The Labute approximate surface area is 139 Å². The second-order valence-corrected chi connectivity index (χ2v) is 6.22. The number of nitrogens with one attached hydrogen (secondary N) is 1. The van der Waals surface area contributed by atoms with Crippen LogP contribution in [0.15, 0.2) is 41.7 Å². The molecular weight excluding hydrogens is 312 g/mol. The SMILES string of the molecule is O=C(CSc1ccc(-c2ccncc2)nn1)NCC1CCCO1. The first-order chi connectivity index (χ1) is 11.3. The molecule has 2 aromatic heterocycles. The van der Waals surface area contributed by atoms with Crippen LogP contribution in [0.5, 0.6) is 0 Å². The molecule has 1 amide bonds. The quantitative estimate of drug-likeness (QED) is 0.816. The molecule has 0 aromatic carbocycles. The van der Waals surface area contributed by atoms with Crippen LogP contribution in [-0.2, 0) is 9.53 Å². The molecule has 3 rings (SSSR count). The lowest BCUT2D eigenvalue weighted by atomic mass is 10.2. The van der Waals surface area contributed by atoms with Crippen molar-refractivity contribution in [3.8, 4) is 11.3 Å². The van der Waals surface area contributed by atoms with Crippen molar-refractivity contribution in [3.05, 3.63) is 36.7 Å². The van der Waals surface area contributed by atoms with Crippen molar-refractivity contribution in [1.29, 1.82) is 0 Å². The van der Waals surface area contributed by atoms with Gasteiger partial charge < -0.3 is 10.1 Å². The van der Waals surface area contributed by atoms with Crippen LogP contribution >= 0.6 is 11.8 Å². The number of carbonyl (C=O) groups is 1. The van der Waals surface area contributed by atoms with Gasteiger partial charge in [0.25, 0.3) is 0 Å². The van der Waals surface area contributed by atoms with Gasteiger partial charge in [0, 0.05) is 31.1 Å². The molecule has 0 spiro atoms. The number of nitrogens with zero attached hydrogens (tertiary/aromatic N) is 3. The third-order valence-electron chi connectivity index (χ3n) is 3.52. The monoisotopic (exact) mass is 330 g/mol. The van der Waals surface area contributed by atoms with E-state index in [4.69, 9.17) is 4.74 Å². The predicted octanol–water partition coefficient (Wildman–Crippen LogP) is 1.93. The minimum Gasteiger partial charge on any atom is -0.376 e. The van der Waals surface area contributed by atoms with Crippen molar-refractivity contribution < 1.29 is 9.53 Å². The number of carbonyl (C=O) groups excluding carboxylic acids is 1. The smallest absolute Gasteiger partial charge is 0.230 e. The third kappa shape index (κ3) is 4.74. The van der Waals surface area contributed by atoms with E-state index in [0.717, 1.165) is 35.7 Å². The van der Waals surface area contributed by atoms with E-state index in [1.165, 1.54) is 11.8 Å². The fourth-order valence-electron chi connectivity index (χ4n) is 2.30. The molecule has 2 aromatic rings. The van der Waals surface area contributed by atoms with Gasteiger partial charge in [-0.05, 0) is 37.1 Å². The summed E-state index contributed by atoms with van der Waals surface area (Å²) in [5.74, 6) is 0.321. The van der Waals surface area contributed by atoms with Crippen LogP contribution < -0.4 is 5.32 Å². The molecule has 7 heteroatoms. The third-order valence-corrected chi connectivity index (χ3v) is 4.44. The van der Waals surface area contributed by atoms with Crippen molar-refractivity contribution in [3.63, 3.8) is 0 Å². The highest BCUT2D eigenvalue weighted by Crippen LogP contribution is 2.19. The Balaban J connectivity index is 1.45. The van der Waals surface area contributed by atoms with E-state index in [9.17, 15) is 4.79 Å². The molecule has 120 valence electrons. The Morgan fingerprint density at radius 1 is 1.26 bits per heavy atom.